The highest BCUT2D eigenvalue weighted by Crippen LogP contribution is 2.32. The monoisotopic (exact) mass is 456 g/mol. The van der Waals surface area contributed by atoms with E-state index < -0.39 is 23.9 Å². The van der Waals surface area contributed by atoms with Gasteiger partial charge in [0.05, 0.1) is 11.7 Å². The van der Waals surface area contributed by atoms with E-state index in [1.54, 1.807) is 6.08 Å². The summed E-state index contributed by atoms with van der Waals surface area (Å²) in [5.74, 6) is -0.569. The number of hydrogen-bond acceptors (Lipinski definition) is 5. The standard InChI is InChI=1S/C24H31F3O5/c1-2-3-4-5-6-10-23(30)32-21-13-17(22(29)15-21)11-12-19(28)16-31-20-9-7-8-18(14-20)24(25,26)27/h3-4,7-9,11-12,14,17,19,21-22,28-29H,2,5-6,10,13,15-16H2,1H3/b4-3-,12-11+/t17-,19-,21-,22-/m1/s1. The smallest absolute Gasteiger partial charge is 0.416 e. The molecule has 2 rings (SSSR count). The molecular formula is C24H31F3O5. The topological polar surface area (TPSA) is 76.0 Å². The van der Waals surface area contributed by atoms with Crippen molar-refractivity contribution in [2.45, 2.75) is 69.9 Å². The van der Waals surface area contributed by atoms with Gasteiger partial charge in [0, 0.05) is 18.8 Å². The minimum Gasteiger partial charge on any atom is -0.491 e. The van der Waals surface area contributed by atoms with Gasteiger partial charge in [-0.15, -0.1) is 0 Å². The average Bonchev–Trinajstić information content (AvgIpc) is 3.09. The number of halogens is 3. The summed E-state index contributed by atoms with van der Waals surface area (Å²) >= 11 is 0. The van der Waals surface area contributed by atoms with E-state index in [9.17, 15) is 28.2 Å². The lowest BCUT2D eigenvalue weighted by atomic mass is 10.0. The molecule has 0 aromatic heterocycles. The normalized spacial score (nSPS) is 22.5. The number of alkyl halides is 3. The summed E-state index contributed by atoms with van der Waals surface area (Å²) in [5, 5.41) is 20.3. The van der Waals surface area contributed by atoms with Gasteiger partial charge in [-0.1, -0.05) is 37.3 Å². The summed E-state index contributed by atoms with van der Waals surface area (Å²) in [7, 11) is 0. The van der Waals surface area contributed by atoms with Crippen LogP contribution in [0.15, 0.2) is 48.6 Å². The zero-order valence-electron chi connectivity index (χ0n) is 18.1. The molecule has 1 saturated carbocycles. The third-order valence-corrected chi connectivity index (χ3v) is 5.15. The summed E-state index contributed by atoms with van der Waals surface area (Å²) in [6.07, 6.45) is 4.14. The number of aliphatic hydroxyl groups excluding tert-OH is 2. The van der Waals surface area contributed by atoms with Gasteiger partial charge >= 0.3 is 12.1 Å². The Balaban J connectivity index is 1.74. The maximum absolute atomic E-state index is 12.7. The van der Waals surface area contributed by atoms with Crippen molar-refractivity contribution in [1.82, 2.24) is 0 Å². The first-order chi connectivity index (χ1) is 15.2. The van der Waals surface area contributed by atoms with E-state index in [1.165, 1.54) is 18.2 Å². The van der Waals surface area contributed by atoms with Gasteiger partial charge in [0.1, 0.15) is 24.6 Å². The van der Waals surface area contributed by atoms with Gasteiger partial charge in [0.15, 0.2) is 0 Å². The van der Waals surface area contributed by atoms with Crippen LogP contribution in [0.2, 0.25) is 0 Å². The summed E-state index contributed by atoms with van der Waals surface area (Å²) in [6, 6.07) is 4.43. The number of benzene rings is 1. The molecule has 178 valence electrons. The molecule has 0 amide bonds. The summed E-state index contributed by atoms with van der Waals surface area (Å²) in [4.78, 5) is 11.9. The maximum atomic E-state index is 12.7. The van der Waals surface area contributed by atoms with E-state index in [4.69, 9.17) is 9.47 Å². The number of carbonyl (C=O) groups is 1. The van der Waals surface area contributed by atoms with Gasteiger partial charge < -0.3 is 19.7 Å². The van der Waals surface area contributed by atoms with Crippen LogP contribution in [-0.2, 0) is 15.7 Å². The van der Waals surface area contributed by atoms with Gasteiger partial charge in [-0.3, -0.25) is 4.79 Å². The molecule has 4 atom stereocenters. The molecule has 0 aliphatic heterocycles. The SMILES string of the molecule is CC/C=C\CCCC(=O)O[C@H]1C[C@@H](O)[C@H](/C=C/[C@@H](O)COc2cccc(C(F)(F)F)c2)C1. The molecule has 1 aliphatic carbocycles. The Morgan fingerprint density at radius 1 is 1.28 bits per heavy atom. The highest BCUT2D eigenvalue weighted by atomic mass is 19.4. The van der Waals surface area contributed by atoms with Crippen molar-refractivity contribution < 1.29 is 37.7 Å². The van der Waals surface area contributed by atoms with Crippen LogP contribution in [0.5, 0.6) is 5.75 Å². The van der Waals surface area contributed by atoms with Crippen molar-refractivity contribution in [2.75, 3.05) is 6.61 Å². The van der Waals surface area contributed by atoms with Gasteiger partial charge in [0.25, 0.3) is 0 Å². The number of aliphatic hydroxyl groups is 2. The Kier molecular flexibility index (Phi) is 10.3. The molecule has 0 heterocycles. The second kappa shape index (κ2) is 12.6. The average molecular weight is 457 g/mol. The lowest BCUT2D eigenvalue weighted by Crippen LogP contribution is -2.17. The van der Waals surface area contributed by atoms with E-state index in [1.807, 2.05) is 13.0 Å². The summed E-state index contributed by atoms with van der Waals surface area (Å²) in [6.45, 7) is 1.81. The predicted molar refractivity (Wildman–Crippen MR) is 114 cm³/mol. The third kappa shape index (κ3) is 9.04. The molecule has 1 aromatic carbocycles. The molecule has 1 fully saturated rings. The highest BCUT2D eigenvalue weighted by Gasteiger charge is 2.34. The van der Waals surface area contributed by atoms with Crippen molar-refractivity contribution in [3.63, 3.8) is 0 Å². The number of rotatable bonds is 11. The molecule has 32 heavy (non-hydrogen) atoms. The molecule has 0 saturated heterocycles. The number of allylic oxidation sites excluding steroid dienone is 2. The Morgan fingerprint density at radius 3 is 2.78 bits per heavy atom. The zero-order valence-corrected chi connectivity index (χ0v) is 18.1. The van der Waals surface area contributed by atoms with Crippen LogP contribution in [0.3, 0.4) is 0 Å². The van der Waals surface area contributed by atoms with E-state index in [0.717, 1.165) is 25.0 Å². The van der Waals surface area contributed by atoms with Gasteiger partial charge in [-0.25, -0.2) is 0 Å². The Bertz CT molecular complexity index is 775. The van der Waals surface area contributed by atoms with Gasteiger partial charge in [0.2, 0.25) is 0 Å². The lowest BCUT2D eigenvalue weighted by Gasteiger charge is -2.13. The highest BCUT2D eigenvalue weighted by molar-refractivity contribution is 5.69. The van der Waals surface area contributed by atoms with E-state index in [2.05, 4.69) is 6.08 Å². The van der Waals surface area contributed by atoms with Crippen LogP contribution < -0.4 is 4.74 Å². The first kappa shape index (κ1) is 25.9. The largest absolute Gasteiger partial charge is 0.491 e. The third-order valence-electron chi connectivity index (χ3n) is 5.15. The number of esters is 1. The van der Waals surface area contributed by atoms with Crippen molar-refractivity contribution in [2.24, 2.45) is 5.92 Å². The molecule has 0 radical (unpaired) electrons. The van der Waals surface area contributed by atoms with Gasteiger partial charge in [-0.05, 0) is 43.9 Å². The Labute approximate surface area is 186 Å². The molecule has 0 unspecified atom stereocenters. The predicted octanol–water partition coefficient (Wildman–Crippen LogP) is 4.82. The quantitative estimate of drug-likeness (QED) is 0.284. The Morgan fingerprint density at radius 2 is 2.06 bits per heavy atom. The first-order valence-electron chi connectivity index (χ1n) is 10.9. The number of carbonyl (C=O) groups excluding carboxylic acids is 1. The van der Waals surface area contributed by atoms with E-state index in [0.29, 0.717) is 25.7 Å². The summed E-state index contributed by atoms with van der Waals surface area (Å²) < 4.78 is 48.9. The van der Waals surface area contributed by atoms with Crippen molar-refractivity contribution in [1.29, 1.82) is 0 Å². The maximum Gasteiger partial charge on any atom is 0.416 e. The van der Waals surface area contributed by atoms with Crippen LogP contribution in [0.1, 0.15) is 51.0 Å². The van der Waals surface area contributed by atoms with Crippen LogP contribution in [0, 0.1) is 5.92 Å². The fourth-order valence-electron chi connectivity index (χ4n) is 3.47. The zero-order chi connectivity index (χ0) is 23.6. The lowest BCUT2D eigenvalue weighted by molar-refractivity contribution is -0.149. The van der Waals surface area contributed by atoms with Crippen molar-refractivity contribution >= 4 is 5.97 Å². The van der Waals surface area contributed by atoms with Gasteiger partial charge in [-0.2, -0.15) is 13.2 Å². The minimum absolute atomic E-state index is 0.00494. The fraction of sp³-hybridized carbons (Fsp3) is 0.542. The van der Waals surface area contributed by atoms with Crippen LogP contribution in [0.25, 0.3) is 0 Å². The van der Waals surface area contributed by atoms with E-state index in [-0.39, 0.29) is 30.3 Å². The number of hydrogen-bond donors (Lipinski definition) is 2. The minimum atomic E-state index is -4.47. The van der Waals surface area contributed by atoms with E-state index >= 15 is 0 Å². The molecule has 2 N–H and O–H groups in total. The molecule has 5 nitrogen and oxygen atoms in total. The molecule has 1 aromatic rings. The van der Waals surface area contributed by atoms with Crippen LogP contribution in [-0.4, -0.2) is 41.1 Å². The van der Waals surface area contributed by atoms with Crippen molar-refractivity contribution in [3.05, 3.63) is 54.1 Å². The number of unbranched alkanes of at least 4 members (excludes halogenated alkanes) is 1. The molecule has 0 bridgehead atoms. The number of ether oxygens (including phenoxy) is 2. The van der Waals surface area contributed by atoms with Crippen LogP contribution in [0.4, 0.5) is 13.2 Å². The molecule has 1 aliphatic rings. The second-order valence-corrected chi connectivity index (χ2v) is 7.88. The molecular weight excluding hydrogens is 425 g/mol. The Hall–Kier alpha value is -2.32. The second-order valence-electron chi connectivity index (χ2n) is 7.88. The fourth-order valence-corrected chi connectivity index (χ4v) is 3.47. The van der Waals surface area contributed by atoms with Crippen molar-refractivity contribution in [3.8, 4) is 5.75 Å². The molecule has 0 spiro atoms. The first-order valence-corrected chi connectivity index (χ1v) is 10.9. The van der Waals surface area contributed by atoms with Crippen LogP contribution >= 0.6 is 0 Å². The summed E-state index contributed by atoms with van der Waals surface area (Å²) in [5.41, 5.74) is -0.827. The molecule has 8 heteroatoms.